The lowest BCUT2D eigenvalue weighted by Gasteiger charge is -2.10. The maximum Gasteiger partial charge on any atom is 0.232 e. The van der Waals surface area contributed by atoms with Gasteiger partial charge in [-0.15, -0.1) is 0 Å². The number of nitrogens with one attached hydrogen (secondary N) is 1. The minimum atomic E-state index is -3.39. The highest BCUT2D eigenvalue weighted by Crippen LogP contribution is 2.25. The molecule has 2 aromatic heterocycles. The number of sulfonamides is 1. The first-order valence-corrected chi connectivity index (χ1v) is 11.2. The average Bonchev–Trinajstić information content (AvgIpc) is 3.23. The molecule has 1 N–H and O–H groups in total. The van der Waals surface area contributed by atoms with Crippen molar-refractivity contribution >= 4 is 27.1 Å². The third-order valence-corrected chi connectivity index (χ3v) is 6.12. The fraction of sp³-hybridized carbons (Fsp3) is 0.136. The number of imidazole rings is 1. The molecule has 0 amide bonds. The first kappa shape index (κ1) is 20.5. The maximum atomic E-state index is 13.0. The van der Waals surface area contributed by atoms with Crippen molar-refractivity contribution in [2.24, 2.45) is 0 Å². The molecule has 158 valence electrons. The number of methoxy groups -OCH3 is 1. The van der Waals surface area contributed by atoms with E-state index >= 15 is 0 Å². The smallest absolute Gasteiger partial charge is 0.232 e. The molecule has 0 aliphatic rings. The quantitative estimate of drug-likeness (QED) is 0.446. The Bertz CT molecular complexity index is 1360. The zero-order chi connectivity index (χ0) is 22.0. The summed E-state index contributed by atoms with van der Waals surface area (Å²) in [6, 6.07) is 15.6. The molecule has 2 aromatic carbocycles. The number of carbonyl (C=O) groups excluding carboxylic acids is 1. The summed E-state index contributed by atoms with van der Waals surface area (Å²) < 4.78 is 33.2. The Morgan fingerprint density at radius 3 is 2.58 bits per heavy atom. The number of carbonyl (C=O) groups is 1. The van der Waals surface area contributed by atoms with E-state index in [1.54, 1.807) is 73.2 Å². The van der Waals surface area contributed by atoms with Gasteiger partial charge in [-0.1, -0.05) is 12.1 Å². The molecule has 31 heavy (non-hydrogen) atoms. The topological polar surface area (TPSA) is 103 Å². The zero-order valence-electron chi connectivity index (χ0n) is 16.9. The molecule has 0 spiro atoms. The summed E-state index contributed by atoms with van der Waals surface area (Å²) in [5.74, 6) is 0.388. The Morgan fingerprint density at radius 2 is 1.87 bits per heavy atom. The van der Waals surface area contributed by atoms with Gasteiger partial charge in [0, 0.05) is 23.0 Å². The lowest BCUT2D eigenvalue weighted by molar-refractivity contribution is 0.103. The number of benzene rings is 2. The second kappa shape index (κ2) is 8.19. The Hall–Kier alpha value is -3.72. The van der Waals surface area contributed by atoms with E-state index in [0.717, 1.165) is 11.3 Å². The van der Waals surface area contributed by atoms with Gasteiger partial charge >= 0.3 is 0 Å². The van der Waals surface area contributed by atoms with Gasteiger partial charge in [0.1, 0.15) is 12.1 Å². The van der Waals surface area contributed by atoms with E-state index in [4.69, 9.17) is 4.74 Å². The molecular weight excluding hydrogens is 416 g/mol. The summed E-state index contributed by atoms with van der Waals surface area (Å²) in [6.07, 6.45) is 3.14. The molecule has 0 unspecified atom stereocenters. The molecule has 4 aromatic rings. The molecule has 0 saturated heterocycles. The Morgan fingerprint density at radius 1 is 1.10 bits per heavy atom. The molecule has 0 saturated carbocycles. The number of hydrogen-bond acceptors (Lipinski definition) is 6. The van der Waals surface area contributed by atoms with E-state index in [1.807, 2.05) is 6.07 Å². The third kappa shape index (κ3) is 4.13. The van der Waals surface area contributed by atoms with Crippen molar-refractivity contribution in [1.82, 2.24) is 14.4 Å². The van der Waals surface area contributed by atoms with Crippen LogP contribution < -0.4 is 9.46 Å². The second-order valence-corrected chi connectivity index (χ2v) is 8.77. The molecule has 8 nitrogen and oxygen atoms in total. The largest absolute Gasteiger partial charge is 0.497 e. The molecule has 0 bridgehead atoms. The fourth-order valence-corrected chi connectivity index (χ4v) is 3.80. The SMILES string of the molecule is CCS(=O)(=O)Nc1cccc(-c2ccnc3c(C(=O)c4ccc(OC)cc4)ncn23)c1. The monoisotopic (exact) mass is 436 g/mol. The number of rotatable bonds is 7. The van der Waals surface area contributed by atoms with E-state index in [2.05, 4.69) is 14.7 Å². The van der Waals surface area contributed by atoms with Crippen LogP contribution in [-0.4, -0.2) is 41.4 Å². The van der Waals surface area contributed by atoms with Crippen LogP contribution in [0.2, 0.25) is 0 Å². The van der Waals surface area contributed by atoms with Gasteiger partial charge in [0.25, 0.3) is 0 Å². The number of fused-ring (bicyclic) bond motifs is 1. The standard InChI is InChI=1S/C22H20N4O4S/c1-3-31(28,29)25-17-6-4-5-16(13-17)19-11-12-23-22-20(24-14-26(19)22)21(27)15-7-9-18(30-2)10-8-15/h4-14,25H,3H2,1-2H3. The molecule has 0 fully saturated rings. The van der Waals surface area contributed by atoms with Crippen molar-refractivity contribution in [3.8, 4) is 17.0 Å². The van der Waals surface area contributed by atoms with Gasteiger partial charge < -0.3 is 4.74 Å². The van der Waals surface area contributed by atoms with Crippen LogP contribution in [0.5, 0.6) is 5.75 Å². The first-order chi connectivity index (χ1) is 14.9. The van der Waals surface area contributed by atoms with Crippen LogP contribution in [0.3, 0.4) is 0 Å². The van der Waals surface area contributed by atoms with Crippen LogP contribution in [-0.2, 0) is 10.0 Å². The predicted octanol–water partition coefficient (Wildman–Crippen LogP) is 3.40. The zero-order valence-corrected chi connectivity index (χ0v) is 17.8. The van der Waals surface area contributed by atoms with Crippen LogP contribution in [0.15, 0.2) is 67.1 Å². The predicted molar refractivity (Wildman–Crippen MR) is 118 cm³/mol. The van der Waals surface area contributed by atoms with Gasteiger partial charge in [0.15, 0.2) is 11.3 Å². The van der Waals surface area contributed by atoms with Crippen LogP contribution in [0.1, 0.15) is 23.0 Å². The minimum Gasteiger partial charge on any atom is -0.497 e. The summed E-state index contributed by atoms with van der Waals surface area (Å²) in [6.45, 7) is 1.57. The number of hydrogen-bond donors (Lipinski definition) is 1. The van der Waals surface area contributed by atoms with Gasteiger partial charge in [-0.05, 0) is 49.4 Å². The molecular formula is C22H20N4O4S. The molecule has 0 radical (unpaired) electrons. The molecule has 9 heteroatoms. The van der Waals surface area contributed by atoms with Gasteiger partial charge in [-0.3, -0.25) is 13.9 Å². The van der Waals surface area contributed by atoms with E-state index in [0.29, 0.717) is 22.6 Å². The molecule has 0 atom stereocenters. The highest BCUT2D eigenvalue weighted by atomic mass is 32.2. The van der Waals surface area contributed by atoms with E-state index < -0.39 is 10.0 Å². The van der Waals surface area contributed by atoms with Crippen LogP contribution in [0, 0.1) is 0 Å². The Labute approximate surface area is 179 Å². The highest BCUT2D eigenvalue weighted by Gasteiger charge is 2.18. The molecule has 0 aliphatic carbocycles. The van der Waals surface area contributed by atoms with Crippen molar-refractivity contribution in [1.29, 1.82) is 0 Å². The van der Waals surface area contributed by atoms with Crippen LogP contribution in [0.4, 0.5) is 5.69 Å². The first-order valence-electron chi connectivity index (χ1n) is 9.53. The lowest BCUT2D eigenvalue weighted by atomic mass is 10.1. The highest BCUT2D eigenvalue weighted by molar-refractivity contribution is 7.92. The number of nitrogens with zero attached hydrogens (tertiary/aromatic N) is 3. The number of ether oxygens (including phenoxy) is 1. The van der Waals surface area contributed by atoms with E-state index in [-0.39, 0.29) is 17.2 Å². The Kier molecular flexibility index (Phi) is 5.43. The van der Waals surface area contributed by atoms with Gasteiger partial charge in [-0.2, -0.15) is 0 Å². The van der Waals surface area contributed by atoms with Gasteiger partial charge in [-0.25, -0.2) is 18.4 Å². The molecule has 4 rings (SSSR count). The van der Waals surface area contributed by atoms with Gasteiger partial charge in [0.2, 0.25) is 15.8 Å². The molecule has 2 heterocycles. The lowest BCUT2D eigenvalue weighted by Crippen LogP contribution is -2.14. The normalized spacial score (nSPS) is 11.4. The summed E-state index contributed by atoms with van der Waals surface area (Å²) in [5.41, 5.74) is 3.06. The fourth-order valence-electron chi connectivity index (χ4n) is 3.17. The second-order valence-electron chi connectivity index (χ2n) is 6.76. The minimum absolute atomic E-state index is 0.0188. The summed E-state index contributed by atoms with van der Waals surface area (Å²) >= 11 is 0. The summed E-state index contributed by atoms with van der Waals surface area (Å²) in [5, 5.41) is 0. The van der Waals surface area contributed by atoms with Crippen molar-refractivity contribution in [2.45, 2.75) is 6.92 Å². The van der Waals surface area contributed by atoms with Crippen molar-refractivity contribution < 1.29 is 17.9 Å². The third-order valence-electron chi connectivity index (χ3n) is 4.81. The van der Waals surface area contributed by atoms with Gasteiger partial charge in [0.05, 0.1) is 18.6 Å². The van der Waals surface area contributed by atoms with Crippen molar-refractivity contribution in [3.63, 3.8) is 0 Å². The van der Waals surface area contributed by atoms with E-state index in [1.165, 1.54) is 6.33 Å². The number of anilines is 1. The maximum absolute atomic E-state index is 13.0. The van der Waals surface area contributed by atoms with Crippen molar-refractivity contribution in [3.05, 3.63) is 78.4 Å². The van der Waals surface area contributed by atoms with E-state index in [9.17, 15) is 13.2 Å². The van der Waals surface area contributed by atoms with Crippen molar-refractivity contribution in [2.75, 3.05) is 17.6 Å². The average molecular weight is 436 g/mol. The number of ketones is 1. The summed E-state index contributed by atoms with van der Waals surface area (Å²) in [4.78, 5) is 21.6. The number of aromatic nitrogens is 3. The Balaban J connectivity index is 1.73. The van der Waals surface area contributed by atoms with Crippen LogP contribution >= 0.6 is 0 Å². The van der Waals surface area contributed by atoms with Crippen LogP contribution in [0.25, 0.3) is 16.9 Å². The summed E-state index contributed by atoms with van der Waals surface area (Å²) in [7, 11) is -1.83. The molecule has 0 aliphatic heterocycles.